The number of aromatic nitrogens is 3. The van der Waals surface area contributed by atoms with Gasteiger partial charge in [-0.3, -0.25) is 4.79 Å². The first kappa shape index (κ1) is 11.8. The van der Waals surface area contributed by atoms with Crippen molar-refractivity contribution in [3.63, 3.8) is 0 Å². The van der Waals surface area contributed by atoms with E-state index >= 15 is 0 Å². The lowest BCUT2D eigenvalue weighted by atomic mass is 9.96. The Hall–Kier alpha value is -2.30. The van der Waals surface area contributed by atoms with Crippen molar-refractivity contribution in [2.75, 3.05) is 7.11 Å². The summed E-state index contributed by atoms with van der Waals surface area (Å²) in [4.78, 5) is 24.6. The molecule has 0 aliphatic heterocycles. The molecule has 0 aromatic carbocycles. The average molecular weight is 255 g/mol. The van der Waals surface area contributed by atoms with Crippen molar-refractivity contribution in [2.24, 2.45) is 0 Å². The number of ether oxygens (including phenoxy) is 1. The second kappa shape index (κ2) is 4.76. The van der Waals surface area contributed by atoms with Gasteiger partial charge in [-0.2, -0.15) is 0 Å². The molecule has 0 fully saturated rings. The summed E-state index contributed by atoms with van der Waals surface area (Å²) in [6.45, 7) is 0. The fraction of sp³-hybridized carbons (Fsp3) is 0.286. The smallest absolute Gasteiger partial charge is 0.212 e. The second-order valence-corrected chi connectivity index (χ2v) is 4.42. The number of carbonyl (C=O) groups excluding carboxylic acids is 1. The molecule has 0 atom stereocenters. The van der Waals surface area contributed by atoms with Gasteiger partial charge in [-0.15, -0.1) is 0 Å². The molecule has 3 rings (SSSR count). The van der Waals surface area contributed by atoms with Crippen LogP contribution >= 0.6 is 0 Å². The summed E-state index contributed by atoms with van der Waals surface area (Å²) < 4.78 is 5.01. The Morgan fingerprint density at radius 3 is 2.79 bits per heavy atom. The van der Waals surface area contributed by atoms with Crippen LogP contribution in [-0.2, 0) is 6.42 Å². The highest BCUT2D eigenvalue weighted by molar-refractivity contribution is 5.97. The van der Waals surface area contributed by atoms with Gasteiger partial charge in [-0.1, -0.05) is 0 Å². The molecule has 1 aliphatic carbocycles. The standard InChI is InChI=1S/C14H13N3O2/c1-19-13-6-5-9(7-15-13)14-16-8-10-11(17-14)3-2-4-12(10)18/h5-8H,2-4H2,1H3. The summed E-state index contributed by atoms with van der Waals surface area (Å²) in [5, 5.41) is 0. The van der Waals surface area contributed by atoms with E-state index in [1.165, 1.54) is 0 Å². The quantitative estimate of drug-likeness (QED) is 0.821. The van der Waals surface area contributed by atoms with E-state index in [0.29, 0.717) is 23.7 Å². The summed E-state index contributed by atoms with van der Waals surface area (Å²) in [6, 6.07) is 3.63. The lowest BCUT2D eigenvalue weighted by Gasteiger charge is -2.13. The minimum Gasteiger partial charge on any atom is -0.481 e. The molecule has 1 aliphatic rings. The maximum Gasteiger partial charge on any atom is 0.212 e. The Bertz CT molecular complexity index is 623. The first-order valence-corrected chi connectivity index (χ1v) is 6.17. The third kappa shape index (κ3) is 2.19. The molecule has 96 valence electrons. The highest BCUT2D eigenvalue weighted by Gasteiger charge is 2.19. The molecule has 5 heteroatoms. The van der Waals surface area contributed by atoms with Gasteiger partial charge in [0.2, 0.25) is 5.88 Å². The van der Waals surface area contributed by atoms with Gasteiger partial charge in [-0.05, 0) is 18.9 Å². The highest BCUT2D eigenvalue weighted by Crippen LogP contribution is 2.22. The highest BCUT2D eigenvalue weighted by atomic mass is 16.5. The number of rotatable bonds is 2. The molecule has 2 aromatic rings. The van der Waals surface area contributed by atoms with Crippen molar-refractivity contribution in [1.82, 2.24) is 15.0 Å². The first-order chi connectivity index (χ1) is 9.28. The Balaban J connectivity index is 1.99. The van der Waals surface area contributed by atoms with E-state index in [1.807, 2.05) is 6.07 Å². The number of ketones is 1. The topological polar surface area (TPSA) is 65.0 Å². The molecule has 0 amide bonds. The van der Waals surface area contributed by atoms with Crippen LogP contribution in [0.4, 0.5) is 0 Å². The predicted molar refractivity (Wildman–Crippen MR) is 69.1 cm³/mol. The maximum absolute atomic E-state index is 11.7. The lowest BCUT2D eigenvalue weighted by Crippen LogP contribution is -2.13. The molecule has 0 unspecified atom stereocenters. The van der Waals surface area contributed by atoms with E-state index in [1.54, 1.807) is 25.6 Å². The van der Waals surface area contributed by atoms with Gasteiger partial charge in [0.25, 0.3) is 0 Å². The van der Waals surface area contributed by atoms with E-state index in [9.17, 15) is 4.79 Å². The summed E-state index contributed by atoms with van der Waals surface area (Å²) in [7, 11) is 1.57. The van der Waals surface area contributed by atoms with Crippen molar-refractivity contribution in [1.29, 1.82) is 0 Å². The van der Waals surface area contributed by atoms with Gasteiger partial charge in [0.05, 0.1) is 18.4 Å². The number of nitrogens with zero attached hydrogens (tertiary/aromatic N) is 3. The van der Waals surface area contributed by atoms with Crippen LogP contribution in [0.15, 0.2) is 24.5 Å². The molecular weight excluding hydrogens is 242 g/mol. The van der Waals surface area contributed by atoms with Crippen molar-refractivity contribution in [2.45, 2.75) is 19.3 Å². The number of methoxy groups -OCH3 is 1. The minimum absolute atomic E-state index is 0.139. The molecule has 19 heavy (non-hydrogen) atoms. The molecule has 2 aromatic heterocycles. The molecule has 0 N–H and O–H groups in total. The fourth-order valence-electron chi connectivity index (χ4n) is 2.16. The maximum atomic E-state index is 11.7. The number of fused-ring (bicyclic) bond motifs is 1. The van der Waals surface area contributed by atoms with E-state index < -0.39 is 0 Å². The van der Waals surface area contributed by atoms with E-state index in [0.717, 1.165) is 24.1 Å². The van der Waals surface area contributed by atoms with Gasteiger partial charge in [-0.25, -0.2) is 15.0 Å². The molecule has 2 heterocycles. The lowest BCUT2D eigenvalue weighted by molar-refractivity contribution is 0.0971. The van der Waals surface area contributed by atoms with Crippen LogP contribution in [0.3, 0.4) is 0 Å². The molecule has 0 radical (unpaired) electrons. The monoisotopic (exact) mass is 255 g/mol. The SMILES string of the molecule is COc1ccc(-c2ncc3c(n2)CCCC3=O)cn1. The summed E-state index contributed by atoms with van der Waals surface area (Å²) in [5.74, 6) is 1.29. The summed E-state index contributed by atoms with van der Waals surface area (Å²) >= 11 is 0. The minimum atomic E-state index is 0.139. The zero-order valence-corrected chi connectivity index (χ0v) is 10.6. The average Bonchev–Trinajstić information content (AvgIpc) is 2.47. The fourth-order valence-corrected chi connectivity index (χ4v) is 2.16. The Kier molecular flexibility index (Phi) is 2.95. The third-order valence-electron chi connectivity index (χ3n) is 3.19. The third-order valence-corrected chi connectivity index (χ3v) is 3.19. The van der Waals surface area contributed by atoms with E-state index in [2.05, 4.69) is 15.0 Å². The second-order valence-electron chi connectivity index (χ2n) is 4.42. The molecule has 0 spiro atoms. The van der Waals surface area contributed by atoms with Crippen molar-refractivity contribution in [3.05, 3.63) is 35.8 Å². The largest absolute Gasteiger partial charge is 0.481 e. The molecule has 0 saturated carbocycles. The van der Waals surface area contributed by atoms with Crippen LogP contribution in [-0.4, -0.2) is 27.8 Å². The van der Waals surface area contributed by atoms with Crippen molar-refractivity contribution in [3.8, 4) is 17.3 Å². The van der Waals surface area contributed by atoms with Crippen LogP contribution < -0.4 is 4.74 Å². The van der Waals surface area contributed by atoms with Crippen LogP contribution in [0, 0.1) is 0 Å². The first-order valence-electron chi connectivity index (χ1n) is 6.17. The van der Waals surface area contributed by atoms with E-state index in [4.69, 9.17) is 4.74 Å². The van der Waals surface area contributed by atoms with Crippen molar-refractivity contribution >= 4 is 5.78 Å². The van der Waals surface area contributed by atoms with E-state index in [-0.39, 0.29) is 5.78 Å². The predicted octanol–water partition coefficient (Wildman–Crippen LogP) is 2.07. The number of hydrogen-bond donors (Lipinski definition) is 0. The van der Waals surface area contributed by atoms with Gasteiger partial charge in [0.15, 0.2) is 11.6 Å². The van der Waals surface area contributed by atoms with Crippen LogP contribution in [0.25, 0.3) is 11.4 Å². The Labute approximate surface area is 110 Å². The van der Waals surface area contributed by atoms with Gasteiger partial charge >= 0.3 is 0 Å². The van der Waals surface area contributed by atoms with Gasteiger partial charge in [0.1, 0.15) is 0 Å². The summed E-state index contributed by atoms with van der Waals surface area (Å²) in [6.07, 6.45) is 5.59. The molecule has 0 bridgehead atoms. The number of carbonyl (C=O) groups is 1. The summed E-state index contributed by atoms with van der Waals surface area (Å²) in [5.41, 5.74) is 2.33. The zero-order valence-electron chi connectivity index (χ0n) is 10.6. The van der Waals surface area contributed by atoms with Gasteiger partial charge < -0.3 is 4.74 Å². The van der Waals surface area contributed by atoms with Crippen LogP contribution in [0.2, 0.25) is 0 Å². The molecular formula is C14H13N3O2. The number of aryl methyl sites for hydroxylation is 1. The van der Waals surface area contributed by atoms with Crippen LogP contribution in [0.1, 0.15) is 28.9 Å². The Morgan fingerprint density at radius 2 is 2.05 bits per heavy atom. The molecule has 5 nitrogen and oxygen atoms in total. The number of Topliss-reactive ketones (excluding diaryl/α,β-unsaturated/α-hetero) is 1. The Morgan fingerprint density at radius 1 is 1.16 bits per heavy atom. The number of hydrogen-bond acceptors (Lipinski definition) is 5. The van der Waals surface area contributed by atoms with Gasteiger partial charge in [0, 0.05) is 30.4 Å². The zero-order chi connectivity index (χ0) is 13.2. The normalized spacial score (nSPS) is 14.1. The molecule has 0 saturated heterocycles. The van der Waals surface area contributed by atoms with Crippen molar-refractivity contribution < 1.29 is 9.53 Å². The number of pyridine rings is 1. The van der Waals surface area contributed by atoms with Crippen LogP contribution in [0.5, 0.6) is 5.88 Å².